The van der Waals surface area contributed by atoms with Crippen LogP contribution in [0.15, 0.2) is 0 Å². The lowest BCUT2D eigenvalue weighted by atomic mass is 10.1. The molecule has 0 rings (SSSR count). The van der Waals surface area contributed by atoms with E-state index >= 15 is 0 Å². The van der Waals surface area contributed by atoms with Gasteiger partial charge in [0, 0.05) is 12.1 Å². The van der Waals surface area contributed by atoms with Crippen molar-refractivity contribution in [1.29, 1.82) is 0 Å². The lowest BCUT2D eigenvalue weighted by Gasteiger charge is -2.21. The van der Waals surface area contributed by atoms with E-state index in [1.54, 1.807) is 11.8 Å². The summed E-state index contributed by atoms with van der Waals surface area (Å²) in [4.78, 5) is 11.3. The number of hydrogen-bond acceptors (Lipinski definition) is 3. The molecule has 1 unspecified atom stereocenters. The Hall–Kier alpha value is -0.420. The first-order chi connectivity index (χ1) is 6.85. The van der Waals surface area contributed by atoms with E-state index in [0.29, 0.717) is 13.0 Å². The summed E-state index contributed by atoms with van der Waals surface area (Å²) in [6.45, 7) is 6.05. The number of aliphatic hydroxyl groups is 1. The summed E-state index contributed by atoms with van der Waals surface area (Å²) in [5, 5.41) is 14.9. The minimum atomic E-state index is -0.455. The molecule has 0 aliphatic carbocycles. The lowest BCUT2D eigenvalue weighted by molar-refractivity contribution is 0.166. The van der Waals surface area contributed by atoms with Crippen molar-refractivity contribution >= 4 is 17.8 Å². The third-order valence-electron chi connectivity index (χ3n) is 1.64. The van der Waals surface area contributed by atoms with Crippen molar-refractivity contribution in [1.82, 2.24) is 10.6 Å². The van der Waals surface area contributed by atoms with Crippen molar-refractivity contribution in [3.63, 3.8) is 0 Å². The van der Waals surface area contributed by atoms with Gasteiger partial charge >= 0.3 is 6.03 Å². The summed E-state index contributed by atoms with van der Waals surface area (Å²) in [5.74, 6) is 0.906. The Kier molecular flexibility index (Phi) is 6.76. The number of aliphatic hydroxyl groups excluding tert-OH is 1. The smallest absolute Gasteiger partial charge is 0.315 e. The quantitative estimate of drug-likeness (QED) is 0.670. The first-order valence-corrected chi connectivity index (χ1v) is 6.47. The van der Waals surface area contributed by atoms with Gasteiger partial charge in [-0.25, -0.2) is 4.79 Å². The molecule has 0 saturated carbocycles. The highest BCUT2D eigenvalue weighted by Gasteiger charge is 2.13. The number of rotatable bonds is 5. The number of urea groups is 1. The van der Waals surface area contributed by atoms with Crippen LogP contribution in [0.5, 0.6) is 0 Å². The minimum Gasteiger partial charge on any atom is -0.391 e. The molecule has 0 spiro atoms. The minimum absolute atomic E-state index is 0.231. The fourth-order valence-corrected chi connectivity index (χ4v) is 1.46. The van der Waals surface area contributed by atoms with E-state index in [4.69, 9.17) is 0 Å². The molecule has 0 heterocycles. The van der Waals surface area contributed by atoms with Crippen LogP contribution in [0, 0.1) is 0 Å². The molecule has 0 aliphatic heterocycles. The second kappa shape index (κ2) is 6.95. The maximum atomic E-state index is 11.3. The maximum Gasteiger partial charge on any atom is 0.315 e. The van der Waals surface area contributed by atoms with E-state index in [1.165, 1.54) is 0 Å². The SMILES string of the molecule is CSCCC(O)CNC(=O)NC(C)(C)C. The van der Waals surface area contributed by atoms with Crippen LogP contribution in [0.2, 0.25) is 0 Å². The molecular weight excluding hydrogens is 212 g/mol. The van der Waals surface area contributed by atoms with Gasteiger partial charge in [-0.1, -0.05) is 0 Å². The molecule has 0 aromatic heterocycles. The molecule has 15 heavy (non-hydrogen) atoms. The molecule has 0 radical (unpaired) electrons. The fraction of sp³-hybridized carbons (Fsp3) is 0.900. The highest BCUT2D eigenvalue weighted by Crippen LogP contribution is 2.00. The molecule has 1 atom stereocenters. The molecular formula is C10H22N2O2S. The van der Waals surface area contributed by atoms with E-state index in [-0.39, 0.29) is 11.6 Å². The van der Waals surface area contributed by atoms with Crippen LogP contribution in [-0.2, 0) is 0 Å². The monoisotopic (exact) mass is 234 g/mol. The van der Waals surface area contributed by atoms with E-state index in [9.17, 15) is 9.90 Å². The number of carbonyl (C=O) groups excluding carboxylic acids is 1. The predicted octanol–water partition coefficient (Wildman–Crippen LogP) is 1.20. The first-order valence-electron chi connectivity index (χ1n) is 5.08. The molecule has 0 aromatic rings. The third-order valence-corrected chi connectivity index (χ3v) is 2.29. The maximum absolute atomic E-state index is 11.3. The molecule has 0 aliphatic rings. The first kappa shape index (κ1) is 14.6. The second-order valence-electron chi connectivity index (χ2n) is 4.52. The largest absolute Gasteiger partial charge is 0.391 e. The molecule has 5 heteroatoms. The van der Waals surface area contributed by atoms with Gasteiger partial charge < -0.3 is 15.7 Å². The van der Waals surface area contributed by atoms with Crippen molar-refractivity contribution in [2.24, 2.45) is 0 Å². The van der Waals surface area contributed by atoms with Crippen molar-refractivity contribution in [3.05, 3.63) is 0 Å². The van der Waals surface area contributed by atoms with E-state index in [1.807, 2.05) is 27.0 Å². The van der Waals surface area contributed by atoms with Gasteiger partial charge in [-0.2, -0.15) is 11.8 Å². The number of thioether (sulfide) groups is 1. The Balaban J connectivity index is 3.62. The van der Waals surface area contributed by atoms with Crippen LogP contribution in [0.3, 0.4) is 0 Å². The Morgan fingerprint density at radius 3 is 2.53 bits per heavy atom. The molecule has 3 N–H and O–H groups in total. The van der Waals surface area contributed by atoms with Crippen molar-refractivity contribution < 1.29 is 9.90 Å². The number of hydrogen-bond donors (Lipinski definition) is 3. The van der Waals surface area contributed by atoms with Crippen molar-refractivity contribution in [3.8, 4) is 0 Å². The van der Waals surface area contributed by atoms with Gasteiger partial charge in [-0.3, -0.25) is 0 Å². The molecule has 0 aromatic carbocycles. The highest BCUT2D eigenvalue weighted by molar-refractivity contribution is 7.98. The Bertz CT molecular complexity index is 192. The highest BCUT2D eigenvalue weighted by atomic mass is 32.2. The standard InChI is InChI=1S/C10H22N2O2S/c1-10(2,3)12-9(14)11-7-8(13)5-6-15-4/h8,13H,5-7H2,1-4H3,(H2,11,12,14). The van der Waals surface area contributed by atoms with Crippen LogP contribution in [0.1, 0.15) is 27.2 Å². The summed E-state index contributed by atoms with van der Waals surface area (Å²) in [6.07, 6.45) is 2.24. The van der Waals surface area contributed by atoms with Crippen molar-refractivity contribution in [2.45, 2.75) is 38.8 Å². The zero-order valence-electron chi connectivity index (χ0n) is 9.96. The second-order valence-corrected chi connectivity index (χ2v) is 5.51. The van der Waals surface area contributed by atoms with Gasteiger partial charge in [0.1, 0.15) is 0 Å². The normalized spacial score (nSPS) is 13.4. The van der Waals surface area contributed by atoms with Crippen LogP contribution < -0.4 is 10.6 Å². The summed E-state index contributed by atoms with van der Waals surface area (Å²) in [5.41, 5.74) is -0.242. The number of nitrogens with one attached hydrogen (secondary N) is 2. The van der Waals surface area contributed by atoms with E-state index in [0.717, 1.165) is 5.75 Å². The zero-order chi connectivity index (χ0) is 11.9. The molecule has 0 saturated heterocycles. The van der Waals surface area contributed by atoms with Gasteiger partial charge in [0.05, 0.1) is 6.10 Å². The van der Waals surface area contributed by atoms with Crippen LogP contribution in [-0.4, -0.2) is 41.3 Å². The number of amides is 2. The predicted molar refractivity (Wildman–Crippen MR) is 65.3 cm³/mol. The molecule has 0 fully saturated rings. The van der Waals surface area contributed by atoms with Crippen LogP contribution in [0.4, 0.5) is 4.79 Å². The Morgan fingerprint density at radius 2 is 2.07 bits per heavy atom. The van der Waals surface area contributed by atoms with Gasteiger partial charge in [-0.15, -0.1) is 0 Å². The van der Waals surface area contributed by atoms with E-state index in [2.05, 4.69) is 10.6 Å². The molecule has 90 valence electrons. The van der Waals surface area contributed by atoms with Crippen molar-refractivity contribution in [2.75, 3.05) is 18.6 Å². The molecule has 0 bridgehead atoms. The average Bonchev–Trinajstić information content (AvgIpc) is 2.08. The Labute approximate surface area is 96.2 Å². The van der Waals surface area contributed by atoms with Gasteiger partial charge in [0.2, 0.25) is 0 Å². The average molecular weight is 234 g/mol. The van der Waals surface area contributed by atoms with Crippen LogP contribution in [0.25, 0.3) is 0 Å². The fourth-order valence-electron chi connectivity index (χ4n) is 0.951. The van der Waals surface area contributed by atoms with Gasteiger partial charge in [0.25, 0.3) is 0 Å². The summed E-state index contributed by atoms with van der Waals surface area (Å²) < 4.78 is 0. The third kappa shape index (κ3) is 9.87. The van der Waals surface area contributed by atoms with Gasteiger partial charge in [-0.05, 0) is 39.2 Å². The Morgan fingerprint density at radius 1 is 1.47 bits per heavy atom. The molecule has 4 nitrogen and oxygen atoms in total. The summed E-state index contributed by atoms with van der Waals surface area (Å²) in [6, 6.07) is -0.231. The molecule has 2 amide bonds. The number of carbonyl (C=O) groups is 1. The topological polar surface area (TPSA) is 61.4 Å². The lowest BCUT2D eigenvalue weighted by Crippen LogP contribution is -2.48. The summed E-state index contributed by atoms with van der Waals surface area (Å²) >= 11 is 1.69. The van der Waals surface area contributed by atoms with Crippen LogP contribution >= 0.6 is 11.8 Å². The summed E-state index contributed by atoms with van der Waals surface area (Å²) in [7, 11) is 0. The zero-order valence-corrected chi connectivity index (χ0v) is 10.8. The van der Waals surface area contributed by atoms with E-state index < -0.39 is 6.10 Å². The van der Waals surface area contributed by atoms with Gasteiger partial charge in [0.15, 0.2) is 0 Å².